The molecule has 0 aliphatic carbocycles. The van der Waals surface area contributed by atoms with Crippen LogP contribution in [0.4, 0.5) is 0 Å². The highest BCUT2D eigenvalue weighted by Crippen LogP contribution is 2.38. The van der Waals surface area contributed by atoms with Crippen molar-refractivity contribution in [2.24, 2.45) is 5.10 Å². The number of carbonyl (C=O) groups excluding carboxylic acids is 1. The van der Waals surface area contributed by atoms with Gasteiger partial charge in [-0.2, -0.15) is 5.10 Å². The zero-order valence-electron chi connectivity index (χ0n) is 14.1. The number of hydrogen-bond acceptors (Lipinski definition) is 5. The molecule has 0 atom stereocenters. The summed E-state index contributed by atoms with van der Waals surface area (Å²) in [5, 5.41) is 3.98. The molecule has 2 rings (SSSR count). The van der Waals surface area contributed by atoms with Crippen LogP contribution in [0.25, 0.3) is 0 Å². The predicted octanol–water partition coefficient (Wildman–Crippen LogP) is 2.78. The van der Waals surface area contributed by atoms with Crippen molar-refractivity contribution in [2.45, 2.75) is 6.92 Å². The number of hydrogen-bond donors (Lipinski definition) is 1. The highest BCUT2D eigenvalue weighted by atomic mass is 16.5. The zero-order chi connectivity index (χ0) is 17.5. The van der Waals surface area contributed by atoms with Crippen molar-refractivity contribution in [2.75, 3.05) is 21.3 Å². The van der Waals surface area contributed by atoms with E-state index in [1.165, 1.54) is 20.4 Å². The van der Waals surface area contributed by atoms with Crippen LogP contribution in [0.2, 0.25) is 0 Å². The van der Waals surface area contributed by atoms with Crippen LogP contribution in [0, 0.1) is 6.92 Å². The average Bonchev–Trinajstić information content (AvgIpc) is 2.61. The molecule has 0 saturated carbocycles. The maximum atomic E-state index is 12.0. The Labute approximate surface area is 141 Å². The van der Waals surface area contributed by atoms with Gasteiger partial charge in [-0.3, -0.25) is 4.79 Å². The van der Waals surface area contributed by atoms with Crippen molar-refractivity contribution in [3.63, 3.8) is 0 Å². The molecular formula is C18H20N2O4. The van der Waals surface area contributed by atoms with Crippen LogP contribution in [0.15, 0.2) is 41.5 Å². The summed E-state index contributed by atoms with van der Waals surface area (Å²) in [6.07, 6.45) is 1.49. The van der Waals surface area contributed by atoms with Crippen molar-refractivity contribution >= 4 is 12.1 Å². The SMILES string of the molecule is COc1ccc(/C=N/NC(=O)c2ccc(C)cc2)c(OC)c1OC. The quantitative estimate of drug-likeness (QED) is 0.654. The van der Waals surface area contributed by atoms with E-state index in [1.807, 2.05) is 19.1 Å². The van der Waals surface area contributed by atoms with Crippen LogP contribution in [-0.2, 0) is 0 Å². The van der Waals surface area contributed by atoms with E-state index in [2.05, 4.69) is 10.5 Å². The van der Waals surface area contributed by atoms with Crippen molar-refractivity contribution in [3.8, 4) is 17.2 Å². The summed E-state index contributed by atoms with van der Waals surface area (Å²) in [7, 11) is 4.60. The van der Waals surface area contributed by atoms with Gasteiger partial charge in [-0.25, -0.2) is 5.43 Å². The molecule has 0 heterocycles. The van der Waals surface area contributed by atoms with E-state index in [0.717, 1.165) is 5.56 Å². The summed E-state index contributed by atoms with van der Waals surface area (Å²) in [5.41, 5.74) is 4.77. The lowest BCUT2D eigenvalue weighted by atomic mass is 10.1. The maximum Gasteiger partial charge on any atom is 0.271 e. The zero-order valence-corrected chi connectivity index (χ0v) is 14.1. The number of carbonyl (C=O) groups is 1. The van der Waals surface area contributed by atoms with Crippen LogP contribution < -0.4 is 19.6 Å². The fourth-order valence-corrected chi connectivity index (χ4v) is 2.16. The fraction of sp³-hybridized carbons (Fsp3) is 0.222. The Hall–Kier alpha value is -3.02. The second-order valence-corrected chi connectivity index (χ2v) is 4.99. The molecule has 0 bridgehead atoms. The van der Waals surface area contributed by atoms with Crippen LogP contribution in [-0.4, -0.2) is 33.5 Å². The number of rotatable bonds is 6. The van der Waals surface area contributed by atoms with Crippen LogP contribution in [0.3, 0.4) is 0 Å². The first-order valence-corrected chi connectivity index (χ1v) is 7.29. The normalized spacial score (nSPS) is 10.5. The van der Waals surface area contributed by atoms with Gasteiger partial charge in [0.2, 0.25) is 5.75 Å². The number of nitrogens with one attached hydrogen (secondary N) is 1. The van der Waals surface area contributed by atoms with Crippen molar-refractivity contribution in [1.29, 1.82) is 0 Å². The molecule has 0 aromatic heterocycles. The molecule has 2 aromatic rings. The third kappa shape index (κ3) is 3.84. The molecule has 2 aromatic carbocycles. The minimum Gasteiger partial charge on any atom is -0.493 e. The van der Waals surface area contributed by atoms with E-state index in [1.54, 1.807) is 31.4 Å². The van der Waals surface area contributed by atoms with Gasteiger partial charge in [0.1, 0.15) is 0 Å². The lowest BCUT2D eigenvalue weighted by molar-refractivity contribution is 0.0955. The minimum absolute atomic E-state index is 0.286. The van der Waals surface area contributed by atoms with Crippen molar-refractivity contribution < 1.29 is 19.0 Å². The van der Waals surface area contributed by atoms with Gasteiger partial charge < -0.3 is 14.2 Å². The Morgan fingerprint density at radius 1 is 0.958 bits per heavy atom. The Morgan fingerprint density at radius 3 is 2.21 bits per heavy atom. The number of aryl methyl sites for hydroxylation is 1. The number of nitrogens with zero attached hydrogens (tertiary/aromatic N) is 1. The number of benzene rings is 2. The topological polar surface area (TPSA) is 69.2 Å². The molecule has 0 saturated heterocycles. The van der Waals surface area contributed by atoms with Gasteiger partial charge in [0.25, 0.3) is 5.91 Å². The molecule has 1 amide bonds. The van der Waals surface area contributed by atoms with Gasteiger partial charge in [-0.15, -0.1) is 0 Å². The molecule has 0 radical (unpaired) electrons. The van der Waals surface area contributed by atoms with Gasteiger partial charge in [-0.05, 0) is 31.2 Å². The van der Waals surface area contributed by atoms with Gasteiger partial charge in [0.15, 0.2) is 11.5 Å². The monoisotopic (exact) mass is 328 g/mol. The second kappa shape index (κ2) is 8.01. The standard InChI is InChI=1S/C18H20N2O4/c1-12-5-7-13(8-6-12)18(21)20-19-11-14-9-10-15(22-2)17(24-4)16(14)23-3/h5-11H,1-4H3,(H,20,21)/b19-11+. The van der Waals surface area contributed by atoms with E-state index in [4.69, 9.17) is 14.2 Å². The highest BCUT2D eigenvalue weighted by molar-refractivity contribution is 5.95. The summed E-state index contributed by atoms with van der Waals surface area (Å²) < 4.78 is 15.9. The molecule has 0 aliphatic rings. The first-order valence-electron chi connectivity index (χ1n) is 7.29. The first-order chi connectivity index (χ1) is 11.6. The molecule has 6 heteroatoms. The van der Waals surface area contributed by atoms with Gasteiger partial charge in [-0.1, -0.05) is 17.7 Å². The maximum absolute atomic E-state index is 12.0. The third-order valence-electron chi connectivity index (χ3n) is 3.42. The second-order valence-electron chi connectivity index (χ2n) is 4.99. The number of methoxy groups -OCH3 is 3. The highest BCUT2D eigenvalue weighted by Gasteiger charge is 2.14. The van der Waals surface area contributed by atoms with Gasteiger partial charge >= 0.3 is 0 Å². The third-order valence-corrected chi connectivity index (χ3v) is 3.42. The molecule has 0 fully saturated rings. The van der Waals surface area contributed by atoms with Gasteiger partial charge in [0, 0.05) is 11.1 Å². The minimum atomic E-state index is -0.286. The predicted molar refractivity (Wildman–Crippen MR) is 92.3 cm³/mol. The summed E-state index contributed by atoms with van der Waals surface area (Å²) in [5.74, 6) is 1.21. The van der Waals surface area contributed by atoms with Crippen LogP contribution >= 0.6 is 0 Å². The number of amides is 1. The van der Waals surface area contributed by atoms with Crippen molar-refractivity contribution in [3.05, 3.63) is 53.1 Å². The molecule has 0 aliphatic heterocycles. The Bertz CT molecular complexity index is 739. The summed E-state index contributed by atoms with van der Waals surface area (Å²) in [4.78, 5) is 12.0. The number of hydrazone groups is 1. The summed E-state index contributed by atoms with van der Waals surface area (Å²) >= 11 is 0. The Balaban J connectivity index is 2.17. The lowest BCUT2D eigenvalue weighted by Gasteiger charge is -2.13. The Kier molecular flexibility index (Phi) is 5.78. The average molecular weight is 328 g/mol. The molecule has 24 heavy (non-hydrogen) atoms. The molecule has 1 N–H and O–H groups in total. The molecule has 0 unspecified atom stereocenters. The van der Waals surface area contributed by atoms with Crippen LogP contribution in [0.5, 0.6) is 17.2 Å². The van der Waals surface area contributed by atoms with Gasteiger partial charge in [0.05, 0.1) is 27.5 Å². The van der Waals surface area contributed by atoms with E-state index >= 15 is 0 Å². The van der Waals surface area contributed by atoms with E-state index < -0.39 is 0 Å². The fourth-order valence-electron chi connectivity index (χ4n) is 2.16. The lowest BCUT2D eigenvalue weighted by Crippen LogP contribution is -2.17. The molecule has 6 nitrogen and oxygen atoms in total. The Morgan fingerprint density at radius 2 is 1.62 bits per heavy atom. The molecular weight excluding hydrogens is 308 g/mol. The number of ether oxygens (including phenoxy) is 3. The summed E-state index contributed by atoms with van der Waals surface area (Å²) in [6, 6.07) is 10.7. The molecule has 0 spiro atoms. The van der Waals surface area contributed by atoms with E-state index in [0.29, 0.717) is 28.4 Å². The largest absolute Gasteiger partial charge is 0.493 e. The summed E-state index contributed by atoms with van der Waals surface area (Å²) in [6.45, 7) is 1.96. The smallest absolute Gasteiger partial charge is 0.271 e. The van der Waals surface area contributed by atoms with E-state index in [9.17, 15) is 4.79 Å². The van der Waals surface area contributed by atoms with E-state index in [-0.39, 0.29) is 5.91 Å². The molecule has 126 valence electrons. The van der Waals surface area contributed by atoms with Crippen molar-refractivity contribution in [1.82, 2.24) is 5.43 Å². The van der Waals surface area contributed by atoms with Crippen LogP contribution in [0.1, 0.15) is 21.5 Å². The first kappa shape index (κ1) is 17.3.